The van der Waals surface area contributed by atoms with Crippen LogP contribution >= 0.6 is 15.9 Å². The Morgan fingerprint density at radius 3 is 2.02 bits per heavy atom. The van der Waals surface area contributed by atoms with Crippen LogP contribution in [0.15, 0.2) is 79.5 Å². The zero-order valence-electron chi connectivity index (χ0n) is 33.0. The summed E-state index contributed by atoms with van der Waals surface area (Å²) < 4.78 is 20.9. The number of aliphatic hydroxyl groups is 1. The molecule has 0 unspecified atom stereocenters. The number of H-pyrrole nitrogens is 1. The molecule has 0 bridgehead atoms. The van der Waals surface area contributed by atoms with Gasteiger partial charge in [-0.15, -0.1) is 30.3 Å². The van der Waals surface area contributed by atoms with Gasteiger partial charge in [0, 0.05) is 49.7 Å². The fraction of sp³-hybridized carbons (Fsp3) is 0.306. The molecule has 23 nitrogen and oxygen atoms in total. The Morgan fingerprint density at radius 2 is 1.37 bits per heavy atom. The molecule has 0 aliphatic rings. The number of hydrogen-bond acceptors (Lipinski definition) is 17. The molecule has 0 radical (unpaired) electrons. The minimum atomic E-state index is -0.0451. The molecular weight excluding hydrogens is 846 g/mol. The van der Waals surface area contributed by atoms with E-state index in [9.17, 15) is 5.21 Å². The molecule has 0 amide bonds. The highest BCUT2D eigenvalue weighted by atomic mass is 79.9. The summed E-state index contributed by atoms with van der Waals surface area (Å²) >= 11 is 3.41. The number of nitrogens with one attached hydrogen (secondary N) is 1. The van der Waals surface area contributed by atoms with E-state index >= 15 is 0 Å². The predicted octanol–water partition coefficient (Wildman–Crippen LogP) is 2.59. The molecule has 0 spiro atoms. The number of fused-ring (bicyclic) bond motifs is 3. The van der Waals surface area contributed by atoms with Crippen LogP contribution in [0, 0.1) is 0 Å². The van der Waals surface area contributed by atoms with Crippen LogP contribution in [0.25, 0.3) is 32.7 Å². The highest BCUT2D eigenvalue weighted by molar-refractivity contribution is 9.08. The smallest absolute Gasteiger partial charge is 0.216 e. The van der Waals surface area contributed by atoms with Crippen molar-refractivity contribution in [3.05, 3.63) is 114 Å². The van der Waals surface area contributed by atoms with Gasteiger partial charge in [0.2, 0.25) is 6.79 Å². The number of rotatable bonds is 13. The maximum Gasteiger partial charge on any atom is 0.216 e. The fourth-order valence-electron chi connectivity index (χ4n) is 5.41. The van der Waals surface area contributed by atoms with Crippen molar-refractivity contribution in [2.24, 2.45) is 21.1 Å². The number of alkyl halides is 1. The molecular formula is C36H42BrN17O6. The first-order chi connectivity index (χ1) is 29.3. The second-order valence-electron chi connectivity index (χ2n) is 12.7. The lowest BCUT2D eigenvalue weighted by molar-refractivity contribution is -0.0464. The summed E-state index contributed by atoms with van der Waals surface area (Å²) in [4.78, 5) is 11.3. The van der Waals surface area contributed by atoms with Gasteiger partial charge in [-0.25, -0.2) is 9.67 Å². The second-order valence-corrected chi connectivity index (χ2v) is 13.2. The van der Waals surface area contributed by atoms with Crippen LogP contribution in [0.3, 0.4) is 0 Å². The Kier molecular flexibility index (Phi) is 15.2. The molecule has 60 heavy (non-hydrogen) atoms. The van der Waals surface area contributed by atoms with E-state index in [1.165, 1.54) is 21.4 Å². The SMILES string of the molecule is COCOn1ncc2cc(CBr)ccc21.Cn1ncnc1CO.Cn1nnnc1COCc1ccc2c(cnn2C)c1.On1ncc2cc(COCc3nn[nH]n3)ccc21. The molecule has 0 saturated heterocycles. The Balaban J connectivity index is 0.000000139. The van der Waals surface area contributed by atoms with Gasteiger partial charge in [0.25, 0.3) is 0 Å². The van der Waals surface area contributed by atoms with Crippen LogP contribution < -0.4 is 4.84 Å². The summed E-state index contributed by atoms with van der Waals surface area (Å²) in [6.07, 6.45) is 6.63. The highest BCUT2D eigenvalue weighted by Gasteiger charge is 2.07. The topological polar surface area (TPSA) is 260 Å². The van der Waals surface area contributed by atoms with Gasteiger partial charge in [0.05, 0.1) is 37.3 Å². The first-order valence-electron chi connectivity index (χ1n) is 18.0. The van der Waals surface area contributed by atoms with Crippen molar-refractivity contribution in [2.45, 2.75) is 38.4 Å². The summed E-state index contributed by atoms with van der Waals surface area (Å²) in [5.41, 5.74) is 6.03. The fourth-order valence-corrected chi connectivity index (χ4v) is 5.75. The van der Waals surface area contributed by atoms with E-state index in [1.807, 2.05) is 54.3 Å². The Bertz CT molecular complexity index is 2670. The number of methoxy groups -OCH3 is 1. The number of aryl methyl sites for hydroxylation is 3. The largest absolute Gasteiger partial charge is 0.411 e. The Hall–Kier alpha value is -6.73. The first kappa shape index (κ1) is 42.9. The van der Waals surface area contributed by atoms with Crippen molar-refractivity contribution in [1.29, 1.82) is 0 Å². The molecule has 0 aliphatic heterocycles. The molecule has 0 atom stereocenters. The first-order valence-corrected chi connectivity index (χ1v) is 19.1. The molecule has 3 aromatic carbocycles. The lowest BCUT2D eigenvalue weighted by Crippen LogP contribution is -2.14. The predicted molar refractivity (Wildman–Crippen MR) is 215 cm³/mol. The number of benzene rings is 3. The van der Waals surface area contributed by atoms with Crippen molar-refractivity contribution in [3.63, 3.8) is 0 Å². The lowest BCUT2D eigenvalue weighted by Gasteiger charge is -2.04. The van der Waals surface area contributed by atoms with E-state index < -0.39 is 0 Å². The number of ether oxygens (including phenoxy) is 3. The molecule has 3 N–H and O–H groups in total. The third-order valence-corrected chi connectivity index (χ3v) is 9.16. The van der Waals surface area contributed by atoms with Crippen molar-refractivity contribution in [1.82, 2.24) is 85.3 Å². The normalized spacial score (nSPS) is 10.9. The van der Waals surface area contributed by atoms with Gasteiger partial charge in [0.15, 0.2) is 17.5 Å². The minimum Gasteiger partial charge on any atom is -0.411 e. The van der Waals surface area contributed by atoms with E-state index in [1.54, 1.807) is 44.3 Å². The van der Waals surface area contributed by atoms with Crippen LogP contribution in [-0.2, 0) is 73.7 Å². The average Bonchev–Trinajstić information content (AvgIpc) is 4.15. The molecule has 0 aliphatic carbocycles. The molecule has 24 heteroatoms. The summed E-state index contributed by atoms with van der Waals surface area (Å²) in [7, 11) is 7.03. The Labute approximate surface area is 349 Å². The molecule has 9 aromatic rings. The number of halogens is 1. The van der Waals surface area contributed by atoms with Gasteiger partial charge in [0.1, 0.15) is 37.2 Å². The van der Waals surface area contributed by atoms with Gasteiger partial charge in [-0.3, -0.25) is 9.36 Å². The summed E-state index contributed by atoms with van der Waals surface area (Å²) in [5, 5.41) is 62.1. The zero-order valence-corrected chi connectivity index (χ0v) is 34.6. The van der Waals surface area contributed by atoms with E-state index in [0.717, 1.165) is 48.5 Å². The monoisotopic (exact) mass is 887 g/mol. The van der Waals surface area contributed by atoms with Gasteiger partial charge < -0.3 is 29.4 Å². The summed E-state index contributed by atoms with van der Waals surface area (Å²) in [6, 6.07) is 17.8. The summed E-state index contributed by atoms with van der Waals surface area (Å²) in [6.45, 7) is 1.80. The standard InChI is InChI=1S/C12H14N6O.C10H11BrN2O2.C10H10N6O2.C4H7N3O/c1-17-11-4-3-9(5-10(11)6-13-17)7-19-8-12-14-15-16-18(12)2;1-14-7-15-13-10-3-2-8(5-11)4-9(10)6-12-13;17-16-9-2-1-7(3-8(9)4-11-16)5-18-6-10-12-14-15-13-10;1-7-4(2-8)5-3-6-7/h3-6H,7-8H2,1-2H3;2-4,6H,5,7H2,1H3;1-4,17H,5-6H2,(H,12,13,14,15);3,8H,2H2,1H3. The third kappa shape index (κ3) is 11.5. The van der Waals surface area contributed by atoms with Crippen molar-refractivity contribution in [3.8, 4) is 0 Å². The van der Waals surface area contributed by atoms with Crippen LogP contribution in [0.1, 0.15) is 34.2 Å². The maximum absolute atomic E-state index is 9.35. The molecule has 6 heterocycles. The maximum atomic E-state index is 9.35. The Morgan fingerprint density at radius 1 is 0.700 bits per heavy atom. The van der Waals surface area contributed by atoms with E-state index in [4.69, 9.17) is 24.2 Å². The second kappa shape index (κ2) is 21.3. The lowest BCUT2D eigenvalue weighted by atomic mass is 10.2. The van der Waals surface area contributed by atoms with E-state index in [-0.39, 0.29) is 13.4 Å². The van der Waals surface area contributed by atoms with Crippen LogP contribution in [0.4, 0.5) is 0 Å². The van der Waals surface area contributed by atoms with Crippen LogP contribution in [0.2, 0.25) is 0 Å². The van der Waals surface area contributed by atoms with Crippen molar-refractivity contribution >= 4 is 48.6 Å². The van der Waals surface area contributed by atoms with Gasteiger partial charge in [-0.1, -0.05) is 44.2 Å². The number of aromatic nitrogens is 17. The van der Waals surface area contributed by atoms with Gasteiger partial charge in [-0.05, 0) is 63.5 Å². The number of hydrogen-bond donors (Lipinski definition) is 3. The zero-order chi connectivity index (χ0) is 42.3. The van der Waals surface area contributed by atoms with E-state index in [0.29, 0.717) is 49.4 Å². The molecule has 0 fully saturated rings. The third-order valence-electron chi connectivity index (χ3n) is 8.51. The highest BCUT2D eigenvalue weighted by Crippen LogP contribution is 2.18. The number of tetrazole rings is 2. The summed E-state index contributed by atoms with van der Waals surface area (Å²) in [5.74, 6) is 1.81. The van der Waals surface area contributed by atoms with Gasteiger partial charge >= 0.3 is 0 Å². The molecule has 0 saturated carbocycles. The van der Waals surface area contributed by atoms with E-state index in [2.05, 4.69) is 89.6 Å². The van der Waals surface area contributed by atoms with Crippen molar-refractivity contribution in [2.75, 3.05) is 13.9 Å². The quantitative estimate of drug-likeness (QED) is 0.0854. The molecule has 6 aromatic heterocycles. The molecule has 314 valence electrons. The molecule has 9 rings (SSSR count). The number of aromatic amines is 1. The van der Waals surface area contributed by atoms with Crippen LogP contribution in [0.5, 0.6) is 0 Å². The number of aliphatic hydroxyl groups excluding tert-OH is 1. The number of nitrogens with zero attached hydrogens (tertiary/aromatic N) is 16. The average molecular weight is 889 g/mol. The minimum absolute atomic E-state index is 0.0451. The van der Waals surface area contributed by atoms with Gasteiger partial charge in [-0.2, -0.15) is 15.4 Å². The van der Waals surface area contributed by atoms with Crippen LogP contribution in [-0.4, -0.2) is 109 Å². The van der Waals surface area contributed by atoms with Crippen molar-refractivity contribution < 1.29 is 29.4 Å².